The first kappa shape index (κ1) is 31.3. The molecule has 1 aliphatic heterocycles. The Hall–Kier alpha value is -4.14. The van der Waals surface area contributed by atoms with E-state index in [4.69, 9.17) is 14.2 Å². The van der Waals surface area contributed by atoms with Crippen LogP contribution in [0.1, 0.15) is 73.4 Å². The number of hydrogen-bond acceptors (Lipinski definition) is 6. The van der Waals surface area contributed by atoms with E-state index >= 15 is 0 Å². The highest BCUT2D eigenvalue weighted by molar-refractivity contribution is 6.21. The van der Waals surface area contributed by atoms with E-state index in [0.717, 1.165) is 52.6 Å². The fourth-order valence-electron chi connectivity index (χ4n) is 5.32. The number of amides is 2. The largest absolute Gasteiger partial charge is 0.392 e. The van der Waals surface area contributed by atoms with Crippen LogP contribution in [0.2, 0.25) is 0 Å². The van der Waals surface area contributed by atoms with Gasteiger partial charge in [0.25, 0.3) is 11.8 Å². The third-order valence-corrected chi connectivity index (χ3v) is 7.74. The van der Waals surface area contributed by atoms with Crippen molar-refractivity contribution in [3.8, 4) is 0 Å². The van der Waals surface area contributed by atoms with E-state index in [2.05, 4.69) is 6.07 Å². The minimum Gasteiger partial charge on any atom is -0.392 e. The monoisotopic (exact) mass is 593 g/mol. The SMILES string of the molecule is O=C1c2ccccc2C(=O)N1CCCCCOCc1cc(CO)c(COCc2ccccc2)cc1COCc1ccccc1. The lowest BCUT2D eigenvalue weighted by Crippen LogP contribution is -2.30. The maximum absolute atomic E-state index is 12.6. The quantitative estimate of drug-likeness (QED) is 0.110. The summed E-state index contributed by atoms with van der Waals surface area (Å²) >= 11 is 0. The first-order chi connectivity index (χ1) is 21.6. The summed E-state index contributed by atoms with van der Waals surface area (Å²) in [5, 5.41) is 10.1. The van der Waals surface area contributed by atoms with Gasteiger partial charge in [0.2, 0.25) is 0 Å². The van der Waals surface area contributed by atoms with Gasteiger partial charge in [0.05, 0.1) is 50.8 Å². The van der Waals surface area contributed by atoms with Crippen LogP contribution in [-0.2, 0) is 53.9 Å². The van der Waals surface area contributed by atoms with E-state index in [1.165, 1.54) is 4.90 Å². The number of carbonyl (C=O) groups is 2. The average molecular weight is 594 g/mol. The molecule has 2 amide bonds. The molecule has 1 aliphatic rings. The molecule has 4 aromatic rings. The van der Waals surface area contributed by atoms with Crippen molar-refractivity contribution in [1.29, 1.82) is 0 Å². The highest BCUT2D eigenvalue weighted by Gasteiger charge is 2.34. The number of rotatable bonds is 17. The van der Waals surface area contributed by atoms with E-state index in [1.54, 1.807) is 24.3 Å². The Labute approximate surface area is 259 Å². The maximum Gasteiger partial charge on any atom is 0.261 e. The summed E-state index contributed by atoms with van der Waals surface area (Å²) in [4.78, 5) is 26.5. The zero-order valence-electron chi connectivity index (χ0n) is 25.0. The van der Waals surface area contributed by atoms with Crippen molar-refractivity contribution in [2.75, 3.05) is 13.2 Å². The molecule has 0 bridgehead atoms. The van der Waals surface area contributed by atoms with Gasteiger partial charge in [-0.25, -0.2) is 0 Å². The molecule has 0 saturated heterocycles. The summed E-state index contributed by atoms with van der Waals surface area (Å²) in [5.41, 5.74) is 6.88. The van der Waals surface area contributed by atoms with Gasteiger partial charge in [-0.3, -0.25) is 14.5 Å². The number of aliphatic hydroxyl groups is 1. The second-order valence-corrected chi connectivity index (χ2v) is 10.9. The standard InChI is InChI=1S/C37H39NO6/c39-22-30-20-32(25-42-19-11-3-10-18-38-36(40)34-16-8-9-17-35(34)37(38)41)33(27-44-24-29-14-6-2-7-15-29)21-31(30)26-43-23-28-12-4-1-5-13-28/h1-2,4-9,12-17,20-21,39H,3,10-11,18-19,22-27H2. The predicted octanol–water partition coefficient (Wildman–Crippen LogP) is 6.60. The Bertz CT molecular complexity index is 1490. The minimum atomic E-state index is -0.211. The van der Waals surface area contributed by atoms with Gasteiger partial charge in [0, 0.05) is 13.2 Å². The Morgan fingerprint density at radius 1 is 0.523 bits per heavy atom. The van der Waals surface area contributed by atoms with Crippen molar-refractivity contribution in [2.24, 2.45) is 0 Å². The van der Waals surface area contributed by atoms with Crippen LogP contribution < -0.4 is 0 Å². The summed E-state index contributed by atoms with van der Waals surface area (Å²) < 4.78 is 18.1. The van der Waals surface area contributed by atoms with Gasteiger partial charge < -0.3 is 19.3 Å². The lowest BCUT2D eigenvalue weighted by molar-refractivity contribution is 0.0648. The number of fused-ring (bicyclic) bond motifs is 1. The minimum absolute atomic E-state index is 0.0972. The number of aliphatic hydroxyl groups excluding tert-OH is 1. The van der Waals surface area contributed by atoms with Crippen LogP contribution in [0, 0.1) is 0 Å². The van der Waals surface area contributed by atoms with Crippen molar-refractivity contribution in [3.05, 3.63) is 142 Å². The fraction of sp³-hybridized carbons (Fsp3) is 0.297. The van der Waals surface area contributed by atoms with E-state index in [1.807, 2.05) is 66.7 Å². The van der Waals surface area contributed by atoms with Crippen molar-refractivity contribution in [2.45, 2.75) is 58.9 Å². The molecule has 0 atom stereocenters. The molecule has 1 N–H and O–H groups in total. The van der Waals surface area contributed by atoms with E-state index < -0.39 is 0 Å². The second kappa shape index (κ2) is 16.1. The molecule has 0 spiro atoms. The first-order valence-electron chi connectivity index (χ1n) is 15.1. The van der Waals surface area contributed by atoms with Crippen LogP contribution in [0.25, 0.3) is 0 Å². The normalized spacial score (nSPS) is 12.6. The molecule has 5 rings (SSSR count). The Kier molecular flexibility index (Phi) is 11.4. The average Bonchev–Trinajstić information content (AvgIpc) is 3.30. The molecule has 4 aromatic carbocycles. The maximum atomic E-state index is 12.6. The molecule has 7 nitrogen and oxygen atoms in total. The molecular weight excluding hydrogens is 554 g/mol. The number of carbonyl (C=O) groups excluding carboxylic acids is 2. The van der Waals surface area contributed by atoms with Crippen LogP contribution in [0.5, 0.6) is 0 Å². The molecule has 44 heavy (non-hydrogen) atoms. The van der Waals surface area contributed by atoms with E-state index in [-0.39, 0.29) is 18.4 Å². The number of imide groups is 1. The molecule has 0 aromatic heterocycles. The van der Waals surface area contributed by atoms with Gasteiger partial charge in [0.15, 0.2) is 0 Å². The number of benzene rings is 4. The number of unbranched alkanes of at least 4 members (excludes halogenated alkanes) is 2. The molecule has 228 valence electrons. The summed E-state index contributed by atoms with van der Waals surface area (Å²) in [6.07, 6.45) is 2.36. The number of nitrogens with zero attached hydrogens (tertiary/aromatic N) is 1. The van der Waals surface area contributed by atoms with Crippen LogP contribution in [0.3, 0.4) is 0 Å². The smallest absolute Gasteiger partial charge is 0.261 e. The summed E-state index contributed by atoms with van der Waals surface area (Å²) in [7, 11) is 0. The molecule has 0 radical (unpaired) electrons. The van der Waals surface area contributed by atoms with Crippen LogP contribution in [-0.4, -0.2) is 35.0 Å². The molecule has 1 heterocycles. The van der Waals surface area contributed by atoms with Crippen LogP contribution >= 0.6 is 0 Å². The highest BCUT2D eigenvalue weighted by Crippen LogP contribution is 2.24. The molecule has 7 heteroatoms. The summed E-state index contributed by atoms with van der Waals surface area (Å²) in [6.45, 7) is 3.02. The summed E-state index contributed by atoms with van der Waals surface area (Å²) in [5.74, 6) is -0.421. The van der Waals surface area contributed by atoms with Gasteiger partial charge in [0.1, 0.15) is 0 Å². The topological polar surface area (TPSA) is 85.3 Å². The zero-order valence-corrected chi connectivity index (χ0v) is 25.0. The predicted molar refractivity (Wildman–Crippen MR) is 168 cm³/mol. The molecule has 0 fully saturated rings. The number of ether oxygens (including phenoxy) is 3. The Balaban J connectivity index is 1.13. The summed E-state index contributed by atoms with van der Waals surface area (Å²) in [6, 6.07) is 31.1. The van der Waals surface area contributed by atoms with Gasteiger partial charge in [-0.15, -0.1) is 0 Å². The first-order valence-corrected chi connectivity index (χ1v) is 15.1. The van der Waals surface area contributed by atoms with Crippen LogP contribution in [0.15, 0.2) is 97.1 Å². The van der Waals surface area contributed by atoms with E-state index in [0.29, 0.717) is 57.3 Å². The lowest BCUT2D eigenvalue weighted by atomic mass is 9.99. The third kappa shape index (κ3) is 8.27. The highest BCUT2D eigenvalue weighted by atomic mass is 16.5. The lowest BCUT2D eigenvalue weighted by Gasteiger charge is -2.17. The zero-order chi connectivity index (χ0) is 30.6. The Morgan fingerprint density at radius 3 is 1.55 bits per heavy atom. The molecule has 0 unspecified atom stereocenters. The third-order valence-electron chi connectivity index (χ3n) is 7.74. The van der Waals surface area contributed by atoms with Gasteiger partial charge in [-0.2, -0.15) is 0 Å². The van der Waals surface area contributed by atoms with E-state index in [9.17, 15) is 14.7 Å². The van der Waals surface area contributed by atoms with Crippen LogP contribution in [0.4, 0.5) is 0 Å². The second-order valence-electron chi connectivity index (χ2n) is 10.9. The Morgan fingerprint density at radius 2 is 1.00 bits per heavy atom. The van der Waals surface area contributed by atoms with Gasteiger partial charge in [-0.05, 0) is 64.8 Å². The molecule has 0 aliphatic carbocycles. The van der Waals surface area contributed by atoms with Gasteiger partial charge in [-0.1, -0.05) is 84.9 Å². The van der Waals surface area contributed by atoms with Crippen molar-refractivity contribution in [3.63, 3.8) is 0 Å². The van der Waals surface area contributed by atoms with Gasteiger partial charge >= 0.3 is 0 Å². The van der Waals surface area contributed by atoms with Crippen molar-refractivity contribution in [1.82, 2.24) is 4.90 Å². The number of hydrogen-bond donors (Lipinski definition) is 1. The van der Waals surface area contributed by atoms with Crippen molar-refractivity contribution < 1.29 is 28.9 Å². The molecular formula is C37H39NO6. The van der Waals surface area contributed by atoms with Crippen molar-refractivity contribution >= 4 is 11.8 Å². The fourth-order valence-corrected chi connectivity index (χ4v) is 5.32. The molecule has 0 saturated carbocycles.